The number of nitrogens with zero attached hydrogens (tertiary/aromatic N) is 1. The van der Waals surface area contributed by atoms with E-state index in [1.54, 1.807) is 6.92 Å². The Morgan fingerprint density at radius 2 is 2.29 bits per heavy atom. The Labute approximate surface area is 84.2 Å². The second-order valence-corrected chi connectivity index (χ2v) is 3.98. The van der Waals surface area contributed by atoms with E-state index in [0.717, 1.165) is 6.42 Å². The van der Waals surface area contributed by atoms with Gasteiger partial charge in [0.05, 0.1) is 6.04 Å². The third-order valence-corrected chi connectivity index (χ3v) is 2.28. The first-order chi connectivity index (χ1) is 6.56. The molecule has 1 aliphatic heterocycles. The zero-order valence-electron chi connectivity index (χ0n) is 8.95. The molecule has 1 atom stereocenters. The summed E-state index contributed by atoms with van der Waals surface area (Å²) in [5.41, 5.74) is 0. The minimum Gasteiger partial charge on any atom is -0.447 e. The summed E-state index contributed by atoms with van der Waals surface area (Å²) in [6.45, 7) is 6.23. The van der Waals surface area contributed by atoms with Crippen molar-refractivity contribution in [3.8, 4) is 0 Å². The molecule has 0 aliphatic carbocycles. The van der Waals surface area contributed by atoms with Crippen molar-refractivity contribution in [2.75, 3.05) is 6.61 Å². The van der Waals surface area contributed by atoms with Gasteiger partial charge in [-0.1, -0.05) is 20.8 Å². The summed E-state index contributed by atoms with van der Waals surface area (Å²) in [5.74, 6) is 0.319. The van der Waals surface area contributed by atoms with E-state index in [-0.39, 0.29) is 11.9 Å². The quantitative estimate of drug-likeness (QED) is 0.696. The number of ether oxygens (including phenoxy) is 1. The number of cyclic esters (lactones) is 1. The molecule has 0 radical (unpaired) electrons. The Hall–Kier alpha value is -1.06. The van der Waals surface area contributed by atoms with Crippen LogP contribution in [0, 0.1) is 5.92 Å². The van der Waals surface area contributed by atoms with Gasteiger partial charge in [-0.25, -0.2) is 9.69 Å². The fraction of sp³-hybridized carbons (Fsp3) is 0.800. The van der Waals surface area contributed by atoms with Gasteiger partial charge in [-0.3, -0.25) is 4.79 Å². The Morgan fingerprint density at radius 1 is 1.64 bits per heavy atom. The number of amides is 2. The molecule has 0 spiro atoms. The predicted octanol–water partition coefficient (Wildman–Crippen LogP) is 1.79. The molecular weight excluding hydrogens is 182 g/mol. The number of rotatable bonds is 3. The topological polar surface area (TPSA) is 46.6 Å². The summed E-state index contributed by atoms with van der Waals surface area (Å²) >= 11 is 0. The highest BCUT2D eigenvalue weighted by Crippen LogP contribution is 2.20. The fourth-order valence-electron chi connectivity index (χ4n) is 1.65. The van der Waals surface area contributed by atoms with E-state index in [9.17, 15) is 9.59 Å². The molecule has 1 saturated heterocycles. The minimum absolute atomic E-state index is 0.0602. The van der Waals surface area contributed by atoms with E-state index in [4.69, 9.17) is 4.74 Å². The van der Waals surface area contributed by atoms with Gasteiger partial charge in [0.25, 0.3) is 0 Å². The molecule has 0 N–H and O–H groups in total. The van der Waals surface area contributed by atoms with E-state index in [0.29, 0.717) is 18.9 Å². The van der Waals surface area contributed by atoms with Gasteiger partial charge in [0.2, 0.25) is 5.91 Å². The smallest absolute Gasteiger partial charge is 0.416 e. The summed E-state index contributed by atoms with van der Waals surface area (Å²) in [4.78, 5) is 24.0. The summed E-state index contributed by atoms with van der Waals surface area (Å²) in [7, 11) is 0. The molecule has 1 aliphatic rings. The van der Waals surface area contributed by atoms with Crippen molar-refractivity contribution < 1.29 is 14.3 Å². The van der Waals surface area contributed by atoms with Crippen molar-refractivity contribution >= 4 is 12.0 Å². The lowest BCUT2D eigenvalue weighted by Gasteiger charge is -2.20. The molecule has 1 unspecified atom stereocenters. The van der Waals surface area contributed by atoms with Crippen LogP contribution in [0.5, 0.6) is 0 Å². The maximum absolute atomic E-state index is 11.4. The molecule has 1 rings (SSSR count). The van der Waals surface area contributed by atoms with Crippen LogP contribution in [-0.2, 0) is 9.53 Å². The van der Waals surface area contributed by atoms with E-state index in [1.807, 2.05) is 0 Å². The highest BCUT2D eigenvalue weighted by atomic mass is 16.6. The van der Waals surface area contributed by atoms with E-state index >= 15 is 0 Å². The van der Waals surface area contributed by atoms with Gasteiger partial charge in [-0.15, -0.1) is 0 Å². The molecule has 0 saturated carbocycles. The van der Waals surface area contributed by atoms with E-state index in [1.165, 1.54) is 4.90 Å². The zero-order valence-corrected chi connectivity index (χ0v) is 8.95. The van der Waals surface area contributed by atoms with Gasteiger partial charge in [-0.05, 0) is 12.3 Å². The normalized spacial score (nSPS) is 21.6. The molecule has 0 aromatic carbocycles. The summed E-state index contributed by atoms with van der Waals surface area (Å²) in [5, 5.41) is 0. The van der Waals surface area contributed by atoms with E-state index in [2.05, 4.69) is 13.8 Å². The SMILES string of the molecule is CCC(=O)N1C(=O)OCC1CC(C)C. The van der Waals surface area contributed by atoms with Crippen LogP contribution in [0.25, 0.3) is 0 Å². The van der Waals surface area contributed by atoms with Crippen LogP contribution in [0.3, 0.4) is 0 Å². The number of imide groups is 1. The molecule has 2 amide bonds. The summed E-state index contributed by atoms with van der Waals surface area (Å²) in [6, 6.07) is -0.0602. The van der Waals surface area contributed by atoms with Crippen molar-refractivity contribution in [2.45, 2.75) is 39.7 Å². The summed E-state index contributed by atoms with van der Waals surface area (Å²) < 4.78 is 4.87. The maximum atomic E-state index is 11.4. The first-order valence-corrected chi connectivity index (χ1v) is 5.05. The lowest BCUT2D eigenvalue weighted by molar-refractivity contribution is -0.129. The van der Waals surface area contributed by atoms with Gasteiger partial charge in [0.1, 0.15) is 6.61 Å². The Balaban J connectivity index is 2.66. The molecule has 0 aromatic rings. The zero-order chi connectivity index (χ0) is 10.7. The van der Waals surface area contributed by atoms with Crippen LogP contribution < -0.4 is 0 Å². The highest BCUT2D eigenvalue weighted by molar-refractivity contribution is 5.93. The molecule has 1 heterocycles. The third-order valence-electron chi connectivity index (χ3n) is 2.28. The first kappa shape index (κ1) is 11.0. The number of hydrogen-bond acceptors (Lipinski definition) is 3. The van der Waals surface area contributed by atoms with Gasteiger partial charge in [0.15, 0.2) is 0 Å². The van der Waals surface area contributed by atoms with Crippen molar-refractivity contribution in [3.05, 3.63) is 0 Å². The van der Waals surface area contributed by atoms with Gasteiger partial charge in [-0.2, -0.15) is 0 Å². The van der Waals surface area contributed by atoms with Crippen LogP contribution >= 0.6 is 0 Å². The van der Waals surface area contributed by atoms with Crippen LogP contribution in [0.15, 0.2) is 0 Å². The minimum atomic E-state index is -0.484. The second-order valence-electron chi connectivity index (χ2n) is 3.98. The van der Waals surface area contributed by atoms with Crippen molar-refractivity contribution in [1.82, 2.24) is 4.90 Å². The van der Waals surface area contributed by atoms with Gasteiger partial charge < -0.3 is 4.74 Å². The van der Waals surface area contributed by atoms with Gasteiger partial charge >= 0.3 is 6.09 Å². The van der Waals surface area contributed by atoms with Gasteiger partial charge in [0, 0.05) is 6.42 Å². The summed E-state index contributed by atoms with van der Waals surface area (Å²) in [6.07, 6.45) is 0.684. The second kappa shape index (κ2) is 4.44. The monoisotopic (exact) mass is 199 g/mol. The maximum Gasteiger partial charge on any atom is 0.416 e. The van der Waals surface area contributed by atoms with Crippen LogP contribution in [0.4, 0.5) is 4.79 Å². The molecule has 1 fully saturated rings. The molecule has 4 heteroatoms. The van der Waals surface area contributed by atoms with Crippen molar-refractivity contribution in [2.24, 2.45) is 5.92 Å². The average Bonchev–Trinajstić information content (AvgIpc) is 2.45. The molecule has 80 valence electrons. The molecule has 4 nitrogen and oxygen atoms in total. The van der Waals surface area contributed by atoms with Crippen LogP contribution in [0.1, 0.15) is 33.6 Å². The Morgan fingerprint density at radius 3 is 2.79 bits per heavy atom. The Bertz CT molecular complexity index is 238. The van der Waals surface area contributed by atoms with Crippen molar-refractivity contribution in [1.29, 1.82) is 0 Å². The first-order valence-electron chi connectivity index (χ1n) is 5.05. The number of carbonyl (C=O) groups is 2. The lowest BCUT2D eigenvalue weighted by atomic mass is 10.0. The van der Waals surface area contributed by atoms with Crippen LogP contribution in [0.2, 0.25) is 0 Å². The molecule has 0 aromatic heterocycles. The molecular formula is C10H17NO3. The molecule has 0 bridgehead atoms. The number of carbonyl (C=O) groups excluding carboxylic acids is 2. The largest absolute Gasteiger partial charge is 0.447 e. The fourth-order valence-corrected chi connectivity index (χ4v) is 1.65. The predicted molar refractivity (Wildman–Crippen MR) is 51.7 cm³/mol. The lowest BCUT2D eigenvalue weighted by Crippen LogP contribution is -2.39. The standard InChI is InChI=1S/C10H17NO3/c1-4-9(12)11-8(5-7(2)3)6-14-10(11)13/h7-8H,4-6H2,1-3H3. The molecule has 14 heavy (non-hydrogen) atoms. The third kappa shape index (κ3) is 2.25. The highest BCUT2D eigenvalue weighted by Gasteiger charge is 2.36. The average molecular weight is 199 g/mol. The van der Waals surface area contributed by atoms with Crippen molar-refractivity contribution in [3.63, 3.8) is 0 Å². The van der Waals surface area contributed by atoms with E-state index < -0.39 is 6.09 Å². The number of hydrogen-bond donors (Lipinski definition) is 0. The van der Waals surface area contributed by atoms with Crippen LogP contribution in [-0.4, -0.2) is 29.5 Å². The Kier molecular flexibility index (Phi) is 3.49.